The Kier molecular flexibility index (Phi) is 8.82. The van der Waals surface area contributed by atoms with Gasteiger partial charge in [-0.3, -0.25) is 4.55 Å². The summed E-state index contributed by atoms with van der Waals surface area (Å²) >= 11 is 0. The van der Waals surface area contributed by atoms with Crippen LogP contribution in [-0.4, -0.2) is 29.4 Å². The van der Waals surface area contributed by atoms with Gasteiger partial charge in [-0.25, -0.2) is 0 Å². The minimum atomic E-state index is -3.89. The van der Waals surface area contributed by atoms with Crippen LogP contribution in [0.15, 0.2) is 0 Å². The summed E-state index contributed by atoms with van der Waals surface area (Å²) in [6.07, 6.45) is 5.92. The van der Waals surface area contributed by atoms with E-state index in [1.54, 1.807) is 6.92 Å². The maximum atomic E-state index is 11.1. The van der Waals surface area contributed by atoms with Crippen LogP contribution in [0.5, 0.6) is 0 Å². The monoisotopic (exact) mass is 266 g/mol. The first-order chi connectivity index (χ1) is 7.88. The van der Waals surface area contributed by atoms with Crippen LogP contribution in [0.4, 0.5) is 0 Å². The average molecular weight is 266 g/mol. The highest BCUT2D eigenvalue weighted by Gasteiger charge is 2.21. The SMILES string of the molecule is CCCCC(CCCCCC(C)O)S(=O)(=O)O. The Morgan fingerprint density at radius 1 is 1.00 bits per heavy atom. The van der Waals surface area contributed by atoms with Crippen molar-refractivity contribution in [3.05, 3.63) is 0 Å². The van der Waals surface area contributed by atoms with Crippen molar-refractivity contribution < 1.29 is 18.1 Å². The van der Waals surface area contributed by atoms with Crippen molar-refractivity contribution in [2.45, 2.75) is 76.6 Å². The molecule has 0 aromatic rings. The number of hydrogen-bond acceptors (Lipinski definition) is 3. The zero-order valence-electron chi connectivity index (χ0n) is 10.9. The van der Waals surface area contributed by atoms with Crippen LogP contribution in [0.1, 0.15) is 65.2 Å². The molecule has 0 aliphatic rings. The van der Waals surface area contributed by atoms with E-state index in [1.807, 2.05) is 6.92 Å². The molecule has 0 spiro atoms. The second kappa shape index (κ2) is 8.89. The normalized spacial score (nSPS) is 15.8. The first kappa shape index (κ1) is 16.9. The standard InChI is InChI=1S/C12H26O4S/c1-3-4-9-12(17(14,15)16)10-7-5-6-8-11(2)13/h11-13H,3-10H2,1-2H3,(H,14,15,16). The molecule has 17 heavy (non-hydrogen) atoms. The molecule has 0 amide bonds. The molecule has 2 N–H and O–H groups in total. The molecule has 0 rings (SSSR count). The van der Waals surface area contributed by atoms with Crippen LogP contribution >= 0.6 is 0 Å². The Balaban J connectivity index is 3.85. The Hall–Kier alpha value is -0.130. The van der Waals surface area contributed by atoms with E-state index in [0.717, 1.165) is 38.5 Å². The number of hydrogen-bond donors (Lipinski definition) is 2. The average Bonchev–Trinajstić information content (AvgIpc) is 2.19. The van der Waals surface area contributed by atoms with Gasteiger partial charge in [-0.2, -0.15) is 8.42 Å². The van der Waals surface area contributed by atoms with Crippen molar-refractivity contribution >= 4 is 10.1 Å². The number of rotatable bonds is 10. The summed E-state index contributed by atoms with van der Waals surface area (Å²) in [5.41, 5.74) is 0. The van der Waals surface area contributed by atoms with E-state index in [1.165, 1.54) is 0 Å². The third-order valence-corrected chi connectivity index (χ3v) is 4.26. The van der Waals surface area contributed by atoms with Crippen LogP contribution in [0.2, 0.25) is 0 Å². The molecule has 0 saturated heterocycles. The Morgan fingerprint density at radius 3 is 2.00 bits per heavy atom. The van der Waals surface area contributed by atoms with Gasteiger partial charge in [0.05, 0.1) is 11.4 Å². The van der Waals surface area contributed by atoms with E-state index in [9.17, 15) is 8.42 Å². The lowest BCUT2D eigenvalue weighted by Gasteiger charge is -2.13. The first-order valence-electron chi connectivity index (χ1n) is 6.52. The molecule has 0 aliphatic carbocycles. The third-order valence-electron chi connectivity index (χ3n) is 2.95. The van der Waals surface area contributed by atoms with Crippen LogP contribution in [0.3, 0.4) is 0 Å². The maximum Gasteiger partial charge on any atom is 0.267 e. The van der Waals surface area contributed by atoms with Crippen molar-refractivity contribution in [3.8, 4) is 0 Å². The van der Waals surface area contributed by atoms with Gasteiger partial charge in [-0.1, -0.05) is 39.0 Å². The fourth-order valence-electron chi connectivity index (χ4n) is 1.86. The van der Waals surface area contributed by atoms with Crippen LogP contribution in [-0.2, 0) is 10.1 Å². The Morgan fingerprint density at radius 2 is 1.53 bits per heavy atom. The summed E-state index contributed by atoms with van der Waals surface area (Å²) in [6.45, 7) is 3.76. The molecule has 0 heterocycles. The lowest BCUT2D eigenvalue weighted by atomic mass is 10.1. The maximum absolute atomic E-state index is 11.1. The zero-order valence-corrected chi connectivity index (χ0v) is 11.7. The lowest BCUT2D eigenvalue weighted by Crippen LogP contribution is -2.20. The molecule has 0 saturated carbocycles. The van der Waals surface area contributed by atoms with E-state index in [2.05, 4.69) is 0 Å². The zero-order chi connectivity index (χ0) is 13.3. The number of aliphatic hydroxyl groups excluding tert-OH is 1. The molecule has 2 unspecified atom stereocenters. The van der Waals surface area contributed by atoms with Gasteiger partial charge in [0, 0.05) is 0 Å². The molecule has 0 aromatic heterocycles. The van der Waals surface area contributed by atoms with Crippen molar-refractivity contribution in [2.75, 3.05) is 0 Å². The summed E-state index contributed by atoms with van der Waals surface area (Å²) in [6, 6.07) is 0. The molecular weight excluding hydrogens is 240 g/mol. The molecule has 2 atom stereocenters. The van der Waals surface area contributed by atoms with Crippen molar-refractivity contribution in [1.29, 1.82) is 0 Å². The molecular formula is C12H26O4S. The van der Waals surface area contributed by atoms with E-state index in [4.69, 9.17) is 9.66 Å². The number of unbranched alkanes of at least 4 members (excludes halogenated alkanes) is 3. The van der Waals surface area contributed by atoms with Gasteiger partial charge < -0.3 is 5.11 Å². The fraction of sp³-hybridized carbons (Fsp3) is 1.00. The second-order valence-electron chi connectivity index (χ2n) is 4.77. The van der Waals surface area contributed by atoms with Gasteiger partial charge in [0.15, 0.2) is 0 Å². The lowest BCUT2D eigenvalue weighted by molar-refractivity contribution is 0.180. The summed E-state index contributed by atoms with van der Waals surface area (Å²) in [5, 5.41) is 8.47. The van der Waals surface area contributed by atoms with Gasteiger partial charge in [-0.05, 0) is 26.2 Å². The minimum absolute atomic E-state index is 0.285. The third kappa shape index (κ3) is 9.56. The van der Waals surface area contributed by atoms with Gasteiger partial charge in [0.25, 0.3) is 10.1 Å². The summed E-state index contributed by atoms with van der Waals surface area (Å²) in [7, 11) is -3.89. The van der Waals surface area contributed by atoms with Crippen LogP contribution < -0.4 is 0 Å². The van der Waals surface area contributed by atoms with Crippen molar-refractivity contribution in [2.24, 2.45) is 0 Å². The molecule has 0 aliphatic heterocycles. The highest BCUT2D eigenvalue weighted by atomic mass is 32.2. The molecule has 104 valence electrons. The summed E-state index contributed by atoms with van der Waals surface area (Å²) < 4.78 is 31.3. The topological polar surface area (TPSA) is 74.6 Å². The van der Waals surface area contributed by atoms with Crippen LogP contribution in [0, 0.1) is 0 Å². The minimum Gasteiger partial charge on any atom is -0.393 e. The molecule has 0 bridgehead atoms. The Labute approximate surface area is 105 Å². The molecule has 5 heteroatoms. The van der Waals surface area contributed by atoms with Gasteiger partial charge in [-0.15, -0.1) is 0 Å². The molecule has 4 nitrogen and oxygen atoms in total. The van der Waals surface area contributed by atoms with E-state index >= 15 is 0 Å². The van der Waals surface area contributed by atoms with Gasteiger partial charge in [0.2, 0.25) is 0 Å². The summed E-state index contributed by atoms with van der Waals surface area (Å²) in [5.74, 6) is 0. The fourth-order valence-corrected chi connectivity index (χ4v) is 2.79. The van der Waals surface area contributed by atoms with Crippen molar-refractivity contribution in [3.63, 3.8) is 0 Å². The predicted molar refractivity (Wildman–Crippen MR) is 69.6 cm³/mol. The highest BCUT2D eigenvalue weighted by Crippen LogP contribution is 2.17. The second-order valence-corrected chi connectivity index (χ2v) is 6.46. The predicted octanol–water partition coefficient (Wildman–Crippen LogP) is 2.76. The Bertz CT molecular complexity index is 272. The van der Waals surface area contributed by atoms with Crippen molar-refractivity contribution in [1.82, 2.24) is 0 Å². The highest BCUT2D eigenvalue weighted by molar-refractivity contribution is 7.86. The summed E-state index contributed by atoms with van der Waals surface area (Å²) in [4.78, 5) is 0. The van der Waals surface area contributed by atoms with E-state index in [-0.39, 0.29) is 6.10 Å². The quantitative estimate of drug-likeness (QED) is 0.471. The molecule has 0 fully saturated rings. The van der Waals surface area contributed by atoms with E-state index in [0.29, 0.717) is 12.8 Å². The molecule has 0 radical (unpaired) electrons. The van der Waals surface area contributed by atoms with Gasteiger partial charge in [0.1, 0.15) is 0 Å². The smallest absolute Gasteiger partial charge is 0.267 e. The van der Waals surface area contributed by atoms with E-state index < -0.39 is 15.4 Å². The first-order valence-corrected chi connectivity index (χ1v) is 8.02. The molecule has 0 aromatic carbocycles. The van der Waals surface area contributed by atoms with Crippen LogP contribution in [0.25, 0.3) is 0 Å². The number of aliphatic hydroxyl groups is 1. The largest absolute Gasteiger partial charge is 0.393 e. The van der Waals surface area contributed by atoms with Gasteiger partial charge >= 0.3 is 0 Å².